The smallest absolute Gasteiger partial charge is 0.338 e. The van der Waals surface area contributed by atoms with E-state index in [1.165, 1.54) is 30.6 Å². The lowest BCUT2D eigenvalue weighted by Gasteiger charge is -2.06. The number of esters is 1. The van der Waals surface area contributed by atoms with E-state index >= 15 is 0 Å². The highest BCUT2D eigenvalue weighted by molar-refractivity contribution is 9.11. The zero-order chi connectivity index (χ0) is 17.1. The fourth-order valence-electron chi connectivity index (χ4n) is 1.94. The summed E-state index contributed by atoms with van der Waals surface area (Å²) in [6.45, 7) is 0. The molecule has 0 spiro atoms. The lowest BCUT2D eigenvalue weighted by atomic mass is 10.1. The van der Waals surface area contributed by atoms with E-state index in [1.807, 2.05) is 12.1 Å². The molecule has 1 amide bonds. The van der Waals surface area contributed by atoms with Crippen LogP contribution in [0, 0.1) is 0 Å². The summed E-state index contributed by atoms with van der Waals surface area (Å²) in [4.78, 5) is 24.8. The summed E-state index contributed by atoms with van der Waals surface area (Å²) in [5, 5.41) is 10.2. The molecular formula is C15H10BrN3O4S. The number of thiophene rings is 1. The molecule has 1 N–H and O–H groups in total. The van der Waals surface area contributed by atoms with Gasteiger partial charge in [-0.15, -0.1) is 16.4 Å². The number of benzene rings is 1. The van der Waals surface area contributed by atoms with Crippen molar-refractivity contribution in [1.29, 1.82) is 0 Å². The van der Waals surface area contributed by atoms with E-state index in [-0.39, 0.29) is 17.1 Å². The van der Waals surface area contributed by atoms with Crippen molar-refractivity contribution in [3.63, 3.8) is 0 Å². The topological polar surface area (TPSA) is 94.3 Å². The number of hydrogen-bond acceptors (Lipinski definition) is 7. The Balaban J connectivity index is 1.81. The Labute approximate surface area is 148 Å². The molecule has 9 heteroatoms. The van der Waals surface area contributed by atoms with Crippen LogP contribution in [0.2, 0.25) is 0 Å². The van der Waals surface area contributed by atoms with E-state index in [2.05, 4.69) is 36.2 Å². The molecule has 0 saturated heterocycles. The van der Waals surface area contributed by atoms with E-state index in [9.17, 15) is 9.59 Å². The Kier molecular flexibility index (Phi) is 4.72. The van der Waals surface area contributed by atoms with Crippen LogP contribution in [0.15, 0.2) is 44.6 Å². The lowest BCUT2D eigenvalue weighted by molar-refractivity contribution is 0.0597. The largest absolute Gasteiger partial charge is 0.465 e. The Hall–Kier alpha value is -2.52. The van der Waals surface area contributed by atoms with Crippen molar-refractivity contribution < 1.29 is 18.7 Å². The summed E-state index contributed by atoms with van der Waals surface area (Å²) in [5.74, 6) is -0.851. The van der Waals surface area contributed by atoms with Gasteiger partial charge in [0.25, 0.3) is 11.8 Å². The van der Waals surface area contributed by atoms with Crippen LogP contribution in [0.1, 0.15) is 20.7 Å². The molecule has 7 nitrogen and oxygen atoms in total. The van der Waals surface area contributed by atoms with Gasteiger partial charge in [0, 0.05) is 0 Å². The van der Waals surface area contributed by atoms with Crippen LogP contribution in [0.25, 0.3) is 10.8 Å². The van der Waals surface area contributed by atoms with Crippen molar-refractivity contribution in [2.45, 2.75) is 0 Å². The first-order valence-electron chi connectivity index (χ1n) is 6.66. The summed E-state index contributed by atoms with van der Waals surface area (Å²) >= 11 is 4.78. The molecule has 0 atom stereocenters. The predicted octanol–water partition coefficient (Wildman–Crippen LogP) is 3.60. The van der Waals surface area contributed by atoms with Crippen molar-refractivity contribution >= 4 is 45.2 Å². The molecule has 0 radical (unpaired) electrons. The van der Waals surface area contributed by atoms with Crippen LogP contribution < -0.4 is 5.32 Å². The molecule has 0 unspecified atom stereocenters. The van der Waals surface area contributed by atoms with Gasteiger partial charge in [0.2, 0.25) is 0 Å². The molecule has 0 aliphatic carbocycles. The summed E-state index contributed by atoms with van der Waals surface area (Å²) in [5.41, 5.74) is 0.308. The van der Waals surface area contributed by atoms with E-state index in [0.29, 0.717) is 5.89 Å². The van der Waals surface area contributed by atoms with Gasteiger partial charge < -0.3 is 9.15 Å². The van der Waals surface area contributed by atoms with Crippen molar-refractivity contribution in [2.24, 2.45) is 0 Å². The molecule has 3 aromatic rings. The fourth-order valence-corrected chi connectivity index (χ4v) is 3.24. The van der Waals surface area contributed by atoms with Gasteiger partial charge in [-0.2, -0.15) is 0 Å². The minimum Gasteiger partial charge on any atom is -0.465 e. The number of nitrogens with zero attached hydrogens (tertiary/aromatic N) is 2. The molecule has 0 aliphatic heterocycles. The molecule has 2 heterocycles. The minimum atomic E-state index is -0.601. The van der Waals surface area contributed by atoms with Gasteiger partial charge in [-0.05, 0) is 40.2 Å². The number of rotatable bonds is 4. The quantitative estimate of drug-likeness (QED) is 0.663. The summed E-state index contributed by atoms with van der Waals surface area (Å²) in [6, 6.07) is 9.92. The number of halogens is 1. The first kappa shape index (κ1) is 16.3. The van der Waals surface area contributed by atoms with Gasteiger partial charge in [-0.3, -0.25) is 10.1 Å². The van der Waals surface area contributed by atoms with Crippen LogP contribution in [0.5, 0.6) is 0 Å². The number of methoxy groups -OCH3 is 1. The van der Waals surface area contributed by atoms with Gasteiger partial charge in [0.15, 0.2) is 0 Å². The Bertz CT molecular complexity index is 906. The maximum atomic E-state index is 12.4. The summed E-state index contributed by atoms with van der Waals surface area (Å²) in [7, 11) is 1.25. The van der Waals surface area contributed by atoms with Crippen molar-refractivity contribution in [3.05, 3.63) is 51.3 Å². The average Bonchev–Trinajstić information content (AvgIpc) is 3.23. The van der Waals surface area contributed by atoms with E-state index in [0.717, 1.165) is 8.66 Å². The highest BCUT2D eigenvalue weighted by atomic mass is 79.9. The molecule has 0 saturated carbocycles. The van der Waals surface area contributed by atoms with Gasteiger partial charge in [0.1, 0.15) is 0 Å². The highest BCUT2D eigenvalue weighted by Gasteiger charge is 2.19. The third-order valence-corrected chi connectivity index (χ3v) is 4.62. The SMILES string of the molecule is COC(=O)c1ccccc1C(=O)Nc1nnc(-c2ccc(Br)s2)o1. The molecule has 122 valence electrons. The Morgan fingerprint density at radius 3 is 2.58 bits per heavy atom. The van der Waals surface area contributed by atoms with E-state index in [1.54, 1.807) is 12.1 Å². The second kappa shape index (κ2) is 6.93. The monoisotopic (exact) mass is 407 g/mol. The summed E-state index contributed by atoms with van der Waals surface area (Å²) in [6.07, 6.45) is 0. The Morgan fingerprint density at radius 2 is 1.92 bits per heavy atom. The van der Waals surface area contributed by atoms with Crippen LogP contribution in [-0.2, 0) is 4.74 Å². The van der Waals surface area contributed by atoms with Crippen LogP contribution in [-0.4, -0.2) is 29.2 Å². The molecular weight excluding hydrogens is 398 g/mol. The first-order chi connectivity index (χ1) is 11.6. The second-order valence-corrected chi connectivity index (χ2v) is 6.97. The average molecular weight is 408 g/mol. The lowest BCUT2D eigenvalue weighted by Crippen LogP contribution is -2.17. The molecule has 0 aliphatic rings. The van der Waals surface area contributed by atoms with E-state index in [4.69, 9.17) is 4.42 Å². The zero-order valence-corrected chi connectivity index (χ0v) is 14.7. The van der Waals surface area contributed by atoms with Crippen LogP contribution >= 0.6 is 27.3 Å². The van der Waals surface area contributed by atoms with Crippen molar-refractivity contribution in [1.82, 2.24) is 10.2 Å². The minimum absolute atomic E-state index is 0.0563. The molecule has 1 aromatic carbocycles. The van der Waals surface area contributed by atoms with Gasteiger partial charge >= 0.3 is 12.0 Å². The van der Waals surface area contributed by atoms with Gasteiger partial charge in [-0.25, -0.2) is 4.79 Å². The summed E-state index contributed by atoms with van der Waals surface area (Å²) < 4.78 is 11.0. The number of carbonyl (C=O) groups excluding carboxylic acids is 2. The van der Waals surface area contributed by atoms with Gasteiger partial charge in [-0.1, -0.05) is 17.2 Å². The third kappa shape index (κ3) is 3.36. The molecule has 0 bridgehead atoms. The molecule has 24 heavy (non-hydrogen) atoms. The van der Waals surface area contributed by atoms with Gasteiger partial charge in [0.05, 0.1) is 26.9 Å². The molecule has 2 aromatic heterocycles. The number of nitrogens with one attached hydrogen (secondary N) is 1. The number of aromatic nitrogens is 2. The predicted molar refractivity (Wildman–Crippen MR) is 91.0 cm³/mol. The Morgan fingerprint density at radius 1 is 1.17 bits per heavy atom. The normalized spacial score (nSPS) is 10.4. The zero-order valence-electron chi connectivity index (χ0n) is 12.3. The highest BCUT2D eigenvalue weighted by Crippen LogP contribution is 2.31. The number of anilines is 1. The standard InChI is InChI=1S/C15H10BrN3O4S/c1-22-14(21)9-5-3-2-4-8(9)12(20)17-15-19-18-13(23-15)10-6-7-11(16)24-10/h2-7H,1H3,(H,17,19,20). The van der Waals surface area contributed by atoms with E-state index < -0.39 is 11.9 Å². The molecule has 3 rings (SSSR count). The fraction of sp³-hybridized carbons (Fsp3) is 0.0667. The van der Waals surface area contributed by atoms with Crippen LogP contribution in [0.4, 0.5) is 6.01 Å². The first-order valence-corrected chi connectivity index (χ1v) is 8.27. The number of amides is 1. The van der Waals surface area contributed by atoms with Crippen molar-refractivity contribution in [3.8, 4) is 10.8 Å². The third-order valence-electron chi connectivity index (χ3n) is 3.01. The number of ether oxygens (including phenoxy) is 1. The van der Waals surface area contributed by atoms with Crippen molar-refractivity contribution in [2.75, 3.05) is 12.4 Å². The van der Waals surface area contributed by atoms with Crippen LogP contribution in [0.3, 0.4) is 0 Å². The number of hydrogen-bond donors (Lipinski definition) is 1. The second-order valence-electron chi connectivity index (χ2n) is 4.51. The maximum Gasteiger partial charge on any atom is 0.338 e. The number of carbonyl (C=O) groups is 2. The maximum absolute atomic E-state index is 12.4. The molecule has 0 fully saturated rings.